The van der Waals surface area contributed by atoms with Crippen LogP contribution in [0.4, 0.5) is 14.4 Å². The number of allylic oxidation sites excluding steroid dienone is 1. The highest BCUT2D eigenvalue weighted by Crippen LogP contribution is 2.34. The predicted molar refractivity (Wildman–Crippen MR) is 150 cm³/mol. The summed E-state index contributed by atoms with van der Waals surface area (Å²) >= 11 is 0. The maximum atomic E-state index is 14.0. The van der Waals surface area contributed by atoms with Gasteiger partial charge in [-0.05, 0) is 42.9 Å². The summed E-state index contributed by atoms with van der Waals surface area (Å²) in [6.07, 6.45) is 4.22. The SMILES string of the molecule is C=CCCCOC(=O)NC(CCCC)C(=O)[N+]1(C(=O)OC)C[C@H](OC(=O)N2Cc3cccc(C=C)c3C2)CC1C. The van der Waals surface area contributed by atoms with Crippen molar-refractivity contribution < 1.29 is 37.9 Å². The van der Waals surface area contributed by atoms with E-state index in [9.17, 15) is 19.2 Å². The van der Waals surface area contributed by atoms with Crippen molar-refractivity contribution in [2.45, 2.75) is 83.6 Å². The number of nitrogens with one attached hydrogen (secondary N) is 1. The minimum atomic E-state index is -0.965. The van der Waals surface area contributed by atoms with Crippen molar-refractivity contribution in [3.05, 3.63) is 54.1 Å². The molecule has 2 aliphatic rings. The van der Waals surface area contributed by atoms with Gasteiger partial charge in [-0.2, -0.15) is 9.28 Å². The minimum Gasteiger partial charge on any atom is -0.450 e. The molecule has 4 atom stereocenters. The molecule has 3 unspecified atom stereocenters. The van der Waals surface area contributed by atoms with Crippen LogP contribution in [0.1, 0.15) is 69.1 Å². The molecule has 0 aliphatic carbocycles. The van der Waals surface area contributed by atoms with Gasteiger partial charge in [0.1, 0.15) is 18.6 Å². The number of imide groups is 1. The van der Waals surface area contributed by atoms with Crippen LogP contribution < -0.4 is 5.32 Å². The Balaban J connectivity index is 1.74. The average Bonchev–Trinajstić information content (AvgIpc) is 3.54. The number of alkyl carbamates (subject to hydrolysis) is 1. The van der Waals surface area contributed by atoms with E-state index in [-0.39, 0.29) is 19.6 Å². The summed E-state index contributed by atoms with van der Waals surface area (Å²) in [5.41, 5.74) is 3.04. The summed E-state index contributed by atoms with van der Waals surface area (Å²) in [7, 11) is 1.22. The molecule has 0 radical (unpaired) electrons. The molecule has 40 heavy (non-hydrogen) atoms. The molecule has 2 aliphatic heterocycles. The maximum absolute atomic E-state index is 14.0. The number of carbonyl (C=O) groups is 4. The molecule has 0 bridgehead atoms. The number of benzene rings is 1. The normalized spacial score (nSPS) is 22.1. The van der Waals surface area contributed by atoms with Gasteiger partial charge < -0.3 is 19.5 Å². The highest BCUT2D eigenvalue weighted by molar-refractivity contribution is 5.88. The lowest BCUT2D eigenvalue weighted by atomic mass is 10.0. The number of ether oxygens (including phenoxy) is 3. The van der Waals surface area contributed by atoms with Gasteiger partial charge in [-0.3, -0.25) is 4.90 Å². The fraction of sp³-hybridized carbons (Fsp3) is 0.533. The van der Waals surface area contributed by atoms with E-state index in [0.717, 1.165) is 23.1 Å². The van der Waals surface area contributed by atoms with E-state index in [0.29, 0.717) is 38.8 Å². The number of methoxy groups -OCH3 is 1. The Morgan fingerprint density at radius 1 is 1.20 bits per heavy atom. The first-order valence-electron chi connectivity index (χ1n) is 13.9. The van der Waals surface area contributed by atoms with Crippen LogP contribution in [0.5, 0.6) is 0 Å². The van der Waals surface area contributed by atoms with E-state index in [1.807, 2.05) is 25.1 Å². The van der Waals surface area contributed by atoms with Crippen LogP contribution in [0.15, 0.2) is 37.4 Å². The Morgan fingerprint density at radius 2 is 1.98 bits per heavy atom. The third-order valence-electron chi connectivity index (χ3n) is 7.73. The molecule has 0 spiro atoms. The van der Waals surface area contributed by atoms with Gasteiger partial charge >= 0.3 is 24.2 Å². The van der Waals surface area contributed by atoms with Crippen molar-refractivity contribution in [1.29, 1.82) is 0 Å². The van der Waals surface area contributed by atoms with Gasteiger partial charge in [0.2, 0.25) is 0 Å². The van der Waals surface area contributed by atoms with E-state index in [2.05, 4.69) is 18.5 Å². The van der Waals surface area contributed by atoms with Gasteiger partial charge in [0.15, 0.2) is 6.10 Å². The Labute approximate surface area is 236 Å². The Hall–Kier alpha value is -3.66. The quantitative estimate of drug-likeness (QED) is 0.170. The molecule has 10 heteroatoms. The lowest BCUT2D eigenvalue weighted by Crippen LogP contribution is -2.65. The first-order chi connectivity index (χ1) is 19.2. The molecule has 0 saturated carbocycles. The second kappa shape index (κ2) is 14.1. The first kappa shape index (κ1) is 30.9. The number of carbonyl (C=O) groups excluding carboxylic acids is 4. The molecular weight excluding hydrogens is 514 g/mol. The van der Waals surface area contributed by atoms with Crippen LogP contribution in [0.25, 0.3) is 6.08 Å². The molecule has 2 heterocycles. The number of likely N-dealkylation sites (tertiary alicyclic amines) is 1. The van der Waals surface area contributed by atoms with Gasteiger partial charge in [-0.25, -0.2) is 14.4 Å². The number of quaternary nitrogens is 1. The summed E-state index contributed by atoms with van der Waals surface area (Å²) < 4.78 is 15.5. The number of hydrogen-bond donors (Lipinski definition) is 1. The van der Waals surface area contributed by atoms with Gasteiger partial charge in [0.05, 0.1) is 20.3 Å². The zero-order chi connectivity index (χ0) is 29.3. The largest absolute Gasteiger partial charge is 0.523 e. The lowest BCUT2D eigenvalue weighted by Gasteiger charge is -2.33. The topological polar surface area (TPSA) is 111 Å². The van der Waals surface area contributed by atoms with Crippen LogP contribution in [0, 0.1) is 0 Å². The number of rotatable bonds is 11. The Bertz CT molecular complexity index is 1120. The number of hydrogen-bond acceptors (Lipinski definition) is 7. The number of fused-ring (bicyclic) bond motifs is 1. The fourth-order valence-corrected chi connectivity index (χ4v) is 5.54. The molecule has 3 rings (SSSR count). The van der Waals surface area contributed by atoms with Gasteiger partial charge in [-0.1, -0.05) is 56.7 Å². The van der Waals surface area contributed by atoms with Crippen LogP contribution in [-0.2, 0) is 32.1 Å². The second-order valence-corrected chi connectivity index (χ2v) is 10.4. The van der Waals surface area contributed by atoms with E-state index in [1.54, 1.807) is 24.0 Å². The molecule has 1 saturated heterocycles. The fourth-order valence-electron chi connectivity index (χ4n) is 5.54. The number of amides is 4. The highest BCUT2D eigenvalue weighted by atomic mass is 16.6. The summed E-state index contributed by atoms with van der Waals surface area (Å²) in [6.45, 7) is 12.1. The van der Waals surface area contributed by atoms with Gasteiger partial charge in [0.25, 0.3) is 0 Å². The Kier molecular flexibility index (Phi) is 10.9. The smallest absolute Gasteiger partial charge is 0.450 e. The molecule has 10 nitrogen and oxygen atoms in total. The predicted octanol–water partition coefficient (Wildman–Crippen LogP) is 5.30. The van der Waals surface area contributed by atoms with Crippen LogP contribution in [0.2, 0.25) is 0 Å². The van der Waals surface area contributed by atoms with Gasteiger partial charge in [-0.15, -0.1) is 6.58 Å². The van der Waals surface area contributed by atoms with Crippen molar-refractivity contribution in [3.63, 3.8) is 0 Å². The van der Waals surface area contributed by atoms with Gasteiger partial charge in [0, 0.05) is 13.0 Å². The zero-order valence-electron chi connectivity index (χ0n) is 23.9. The van der Waals surface area contributed by atoms with Crippen molar-refractivity contribution in [2.75, 3.05) is 20.3 Å². The second-order valence-electron chi connectivity index (χ2n) is 10.4. The van der Waals surface area contributed by atoms with Crippen LogP contribution in [-0.4, -0.2) is 72.0 Å². The van der Waals surface area contributed by atoms with Crippen molar-refractivity contribution in [3.8, 4) is 0 Å². The van der Waals surface area contributed by atoms with Crippen molar-refractivity contribution >= 4 is 30.3 Å². The van der Waals surface area contributed by atoms with E-state index >= 15 is 0 Å². The summed E-state index contributed by atoms with van der Waals surface area (Å²) in [5.74, 6) is -0.501. The minimum absolute atomic E-state index is 0.0736. The molecular formula is C30H42N3O7+. The zero-order valence-corrected chi connectivity index (χ0v) is 23.9. The standard InChI is InChI=1S/C30H41N3O7/c1-6-9-11-16-39-28(35)31-26(15-10-7-2)27(34)33(30(37)38-5)20-24(17-21(33)4)40-29(36)32-18-23-14-12-13-22(8-3)25(23)19-32/h6,8,12-14,21,24,26H,1,3,7,9-11,15-20H2,2,4-5H3/p+1/t21?,24-,26?,33?/m1/s1. The number of unbranched alkanes of at least 4 members (excludes halogenated alkanes) is 2. The summed E-state index contributed by atoms with van der Waals surface area (Å²) in [4.78, 5) is 54.5. The van der Waals surface area contributed by atoms with E-state index in [4.69, 9.17) is 14.2 Å². The molecule has 1 fully saturated rings. The van der Waals surface area contributed by atoms with E-state index < -0.39 is 46.9 Å². The Morgan fingerprint density at radius 3 is 2.65 bits per heavy atom. The third-order valence-corrected chi connectivity index (χ3v) is 7.73. The monoisotopic (exact) mass is 556 g/mol. The van der Waals surface area contributed by atoms with Crippen molar-refractivity contribution in [1.82, 2.24) is 10.2 Å². The molecule has 1 aromatic rings. The lowest BCUT2D eigenvalue weighted by molar-refractivity contribution is -0.794. The van der Waals surface area contributed by atoms with Crippen LogP contribution >= 0.6 is 0 Å². The molecule has 1 aromatic carbocycles. The molecule has 0 aromatic heterocycles. The molecule has 1 N–H and O–H groups in total. The average molecular weight is 557 g/mol. The summed E-state index contributed by atoms with van der Waals surface area (Å²) in [6, 6.07) is 4.35. The maximum Gasteiger partial charge on any atom is 0.523 e. The summed E-state index contributed by atoms with van der Waals surface area (Å²) in [5, 5.41) is 2.67. The van der Waals surface area contributed by atoms with E-state index in [1.165, 1.54) is 7.11 Å². The first-order valence-corrected chi connectivity index (χ1v) is 13.9. The number of nitrogens with zero attached hydrogens (tertiary/aromatic N) is 2. The third kappa shape index (κ3) is 6.72. The molecule has 218 valence electrons. The highest BCUT2D eigenvalue weighted by Gasteiger charge is 2.60. The van der Waals surface area contributed by atoms with Crippen LogP contribution in [0.3, 0.4) is 0 Å². The molecule has 4 amide bonds. The van der Waals surface area contributed by atoms with Crippen molar-refractivity contribution in [2.24, 2.45) is 0 Å².